The highest BCUT2D eigenvalue weighted by atomic mass is 16.1. The van der Waals surface area contributed by atoms with Gasteiger partial charge in [0.1, 0.15) is 0 Å². The van der Waals surface area contributed by atoms with Crippen LogP contribution in [0.3, 0.4) is 0 Å². The third-order valence-corrected chi connectivity index (χ3v) is 4.20. The van der Waals surface area contributed by atoms with Gasteiger partial charge in [0.25, 0.3) is 0 Å². The second-order valence-corrected chi connectivity index (χ2v) is 5.52. The van der Waals surface area contributed by atoms with E-state index >= 15 is 0 Å². The highest BCUT2D eigenvalue weighted by Crippen LogP contribution is 2.31. The second-order valence-electron chi connectivity index (χ2n) is 5.52. The van der Waals surface area contributed by atoms with E-state index in [-0.39, 0.29) is 11.8 Å². The van der Waals surface area contributed by atoms with Crippen LogP contribution in [-0.2, 0) is 4.79 Å². The van der Waals surface area contributed by atoms with E-state index in [1.165, 1.54) is 0 Å². The lowest BCUT2D eigenvalue weighted by molar-refractivity contribution is -0.120. The molecule has 5 heteroatoms. The standard InChI is InChI=1S/C16H20N4O/c17-11-12-3-1-4-15(12)16(21)19-13-5-7-14(8-6-13)20-10-2-9-18-20/h2,5-10,12,15H,1,3-4,11,17H2,(H,19,21). The summed E-state index contributed by atoms with van der Waals surface area (Å²) >= 11 is 0. The minimum atomic E-state index is 0.0563. The summed E-state index contributed by atoms with van der Waals surface area (Å²) in [5.74, 6) is 0.476. The van der Waals surface area contributed by atoms with Crippen molar-refractivity contribution in [1.29, 1.82) is 0 Å². The van der Waals surface area contributed by atoms with Gasteiger partial charge in [-0.05, 0) is 55.6 Å². The average Bonchev–Trinajstić information content (AvgIpc) is 3.19. The van der Waals surface area contributed by atoms with E-state index in [2.05, 4.69) is 10.4 Å². The molecule has 2 aromatic rings. The average molecular weight is 284 g/mol. The number of rotatable bonds is 4. The molecule has 3 N–H and O–H groups in total. The fraction of sp³-hybridized carbons (Fsp3) is 0.375. The Hall–Kier alpha value is -2.14. The van der Waals surface area contributed by atoms with Gasteiger partial charge >= 0.3 is 0 Å². The molecule has 1 fully saturated rings. The van der Waals surface area contributed by atoms with Crippen molar-refractivity contribution in [2.45, 2.75) is 19.3 Å². The Kier molecular flexibility index (Phi) is 4.01. The molecule has 0 saturated heterocycles. The largest absolute Gasteiger partial charge is 0.330 e. The summed E-state index contributed by atoms with van der Waals surface area (Å²) in [7, 11) is 0. The zero-order valence-corrected chi connectivity index (χ0v) is 11.9. The van der Waals surface area contributed by atoms with Crippen molar-refractivity contribution in [3.63, 3.8) is 0 Å². The van der Waals surface area contributed by atoms with Gasteiger partial charge in [-0.3, -0.25) is 4.79 Å². The van der Waals surface area contributed by atoms with Crippen molar-refractivity contribution in [1.82, 2.24) is 9.78 Å². The van der Waals surface area contributed by atoms with E-state index in [1.807, 2.05) is 36.5 Å². The first-order chi connectivity index (χ1) is 10.3. The molecule has 1 aromatic heterocycles. The molecule has 1 aliphatic carbocycles. The van der Waals surface area contributed by atoms with Crippen molar-refractivity contribution < 1.29 is 4.79 Å². The Bertz CT molecular complexity index is 591. The Morgan fingerprint density at radius 2 is 2.14 bits per heavy atom. The number of nitrogens with zero attached hydrogens (tertiary/aromatic N) is 2. The molecule has 0 spiro atoms. The third kappa shape index (κ3) is 2.97. The van der Waals surface area contributed by atoms with E-state index in [4.69, 9.17) is 5.73 Å². The molecular formula is C16H20N4O. The smallest absolute Gasteiger partial charge is 0.227 e. The van der Waals surface area contributed by atoms with Crippen LogP contribution in [0, 0.1) is 11.8 Å². The molecule has 1 saturated carbocycles. The number of hydrogen-bond acceptors (Lipinski definition) is 3. The van der Waals surface area contributed by atoms with Gasteiger partial charge in [0.05, 0.1) is 5.69 Å². The SMILES string of the molecule is NCC1CCCC1C(=O)Nc1ccc(-n2cccn2)cc1. The molecule has 1 heterocycles. The lowest BCUT2D eigenvalue weighted by atomic mass is 9.95. The highest BCUT2D eigenvalue weighted by molar-refractivity contribution is 5.93. The molecule has 1 aromatic carbocycles. The molecule has 2 atom stereocenters. The van der Waals surface area contributed by atoms with Gasteiger partial charge in [-0.2, -0.15) is 5.10 Å². The number of aromatic nitrogens is 2. The number of carbonyl (C=O) groups excluding carboxylic acids is 1. The molecule has 2 unspecified atom stereocenters. The van der Waals surface area contributed by atoms with Crippen molar-refractivity contribution in [2.24, 2.45) is 17.6 Å². The number of anilines is 1. The van der Waals surface area contributed by atoms with Crippen molar-refractivity contribution >= 4 is 11.6 Å². The zero-order chi connectivity index (χ0) is 14.7. The zero-order valence-electron chi connectivity index (χ0n) is 11.9. The molecule has 1 amide bonds. The minimum absolute atomic E-state index is 0.0563. The van der Waals surface area contributed by atoms with Gasteiger partial charge < -0.3 is 11.1 Å². The summed E-state index contributed by atoms with van der Waals surface area (Å²) in [6, 6.07) is 9.57. The van der Waals surface area contributed by atoms with Gasteiger partial charge in [0, 0.05) is 24.0 Å². The van der Waals surface area contributed by atoms with Gasteiger partial charge in [-0.15, -0.1) is 0 Å². The fourth-order valence-electron chi connectivity index (χ4n) is 3.02. The molecule has 0 bridgehead atoms. The Morgan fingerprint density at radius 3 is 2.81 bits per heavy atom. The first-order valence-electron chi connectivity index (χ1n) is 7.39. The predicted octanol–water partition coefficient (Wildman–Crippen LogP) is 2.19. The number of benzene rings is 1. The summed E-state index contributed by atoms with van der Waals surface area (Å²) < 4.78 is 1.78. The topological polar surface area (TPSA) is 72.9 Å². The van der Waals surface area contributed by atoms with Crippen LogP contribution in [0.15, 0.2) is 42.7 Å². The molecule has 1 aliphatic rings. The Morgan fingerprint density at radius 1 is 1.33 bits per heavy atom. The van der Waals surface area contributed by atoms with Gasteiger partial charge in [0.2, 0.25) is 5.91 Å². The molecular weight excluding hydrogens is 264 g/mol. The van der Waals surface area contributed by atoms with Crippen LogP contribution in [0.1, 0.15) is 19.3 Å². The third-order valence-electron chi connectivity index (χ3n) is 4.20. The molecule has 21 heavy (non-hydrogen) atoms. The van der Waals surface area contributed by atoms with Crippen LogP contribution in [0.5, 0.6) is 0 Å². The fourth-order valence-corrected chi connectivity index (χ4v) is 3.02. The number of carbonyl (C=O) groups is 1. The number of nitrogens with two attached hydrogens (primary N) is 1. The molecule has 3 rings (SSSR count). The van der Waals surface area contributed by atoms with Gasteiger partial charge in [-0.25, -0.2) is 4.68 Å². The summed E-state index contributed by atoms with van der Waals surface area (Å²) in [5, 5.41) is 7.17. The van der Waals surface area contributed by atoms with Crippen LogP contribution in [-0.4, -0.2) is 22.2 Å². The first-order valence-corrected chi connectivity index (χ1v) is 7.39. The Labute approximate surface area is 124 Å². The van der Waals surface area contributed by atoms with E-state index < -0.39 is 0 Å². The number of hydrogen-bond donors (Lipinski definition) is 2. The van der Waals surface area contributed by atoms with E-state index in [9.17, 15) is 4.79 Å². The molecule has 5 nitrogen and oxygen atoms in total. The van der Waals surface area contributed by atoms with Gasteiger partial charge in [-0.1, -0.05) is 6.42 Å². The quantitative estimate of drug-likeness (QED) is 0.904. The van der Waals surface area contributed by atoms with E-state index in [0.717, 1.165) is 30.6 Å². The van der Waals surface area contributed by atoms with Crippen LogP contribution in [0.25, 0.3) is 5.69 Å². The molecule has 110 valence electrons. The van der Waals surface area contributed by atoms with E-state index in [1.54, 1.807) is 10.9 Å². The second kappa shape index (κ2) is 6.10. The maximum absolute atomic E-state index is 12.3. The maximum atomic E-state index is 12.3. The van der Waals surface area contributed by atoms with Crippen LogP contribution in [0.4, 0.5) is 5.69 Å². The van der Waals surface area contributed by atoms with Crippen LogP contribution < -0.4 is 11.1 Å². The van der Waals surface area contributed by atoms with Gasteiger partial charge in [0.15, 0.2) is 0 Å². The molecule has 0 aliphatic heterocycles. The number of amides is 1. The van der Waals surface area contributed by atoms with E-state index in [0.29, 0.717) is 12.5 Å². The Balaban J connectivity index is 1.66. The van der Waals surface area contributed by atoms with Crippen molar-refractivity contribution in [3.05, 3.63) is 42.7 Å². The lowest BCUT2D eigenvalue weighted by Crippen LogP contribution is -2.29. The normalized spacial score (nSPS) is 21.4. The molecule has 0 radical (unpaired) electrons. The maximum Gasteiger partial charge on any atom is 0.227 e. The monoisotopic (exact) mass is 284 g/mol. The van der Waals surface area contributed by atoms with Crippen LogP contribution >= 0.6 is 0 Å². The number of nitrogens with one attached hydrogen (secondary N) is 1. The summed E-state index contributed by atoms with van der Waals surface area (Å²) in [5.41, 5.74) is 7.53. The summed E-state index contributed by atoms with van der Waals surface area (Å²) in [4.78, 5) is 12.3. The summed E-state index contributed by atoms with van der Waals surface area (Å²) in [6.45, 7) is 0.594. The van der Waals surface area contributed by atoms with Crippen molar-refractivity contribution in [2.75, 3.05) is 11.9 Å². The first kappa shape index (κ1) is 13.8. The lowest BCUT2D eigenvalue weighted by Gasteiger charge is -2.17. The van der Waals surface area contributed by atoms with Crippen LogP contribution in [0.2, 0.25) is 0 Å². The summed E-state index contributed by atoms with van der Waals surface area (Å²) in [6.07, 6.45) is 6.73. The van der Waals surface area contributed by atoms with Crippen molar-refractivity contribution in [3.8, 4) is 5.69 Å². The minimum Gasteiger partial charge on any atom is -0.330 e. The predicted molar refractivity (Wildman–Crippen MR) is 82.1 cm³/mol. The highest BCUT2D eigenvalue weighted by Gasteiger charge is 2.31.